The number of hydrogen-bond acceptors (Lipinski definition) is 7. The number of aromatic hydroxyl groups is 2. The lowest BCUT2D eigenvalue weighted by Crippen LogP contribution is -2.29. The number of nitrogens with zero attached hydrogens (tertiary/aromatic N) is 3. The number of rotatable bonds is 5. The molecule has 0 amide bonds. The molecule has 2 aromatic carbocycles. The lowest BCUT2D eigenvalue weighted by Gasteiger charge is -2.25. The molecule has 4 heterocycles. The number of benzene rings is 2. The van der Waals surface area contributed by atoms with Crippen molar-refractivity contribution >= 4 is 28.2 Å². The van der Waals surface area contributed by atoms with Gasteiger partial charge < -0.3 is 19.7 Å². The standard InChI is InChI=1S/C27H20ClN3O5/c1-26-20(32)12-27(36-26,10-11-35-21-9-7-16(28)14-30-21)23-22(26)24(33)31(25(23)34)19-8-6-15(13-29)17-4-2-3-5-18(17)19/h2-9,14,33-34H,10-12H2,1H3. The first-order valence-electron chi connectivity index (χ1n) is 11.4. The van der Waals surface area contributed by atoms with E-state index in [2.05, 4.69) is 11.1 Å². The molecule has 8 nitrogen and oxygen atoms in total. The van der Waals surface area contributed by atoms with Crippen molar-refractivity contribution < 1.29 is 24.5 Å². The van der Waals surface area contributed by atoms with E-state index in [-0.39, 0.29) is 42.6 Å². The van der Waals surface area contributed by atoms with Crippen LogP contribution < -0.4 is 4.74 Å². The van der Waals surface area contributed by atoms with Gasteiger partial charge in [0, 0.05) is 35.9 Å². The van der Waals surface area contributed by atoms with Gasteiger partial charge in [0.15, 0.2) is 11.4 Å². The van der Waals surface area contributed by atoms with Crippen molar-refractivity contribution in [2.75, 3.05) is 6.61 Å². The largest absolute Gasteiger partial charge is 0.494 e. The fraction of sp³-hybridized carbons (Fsp3) is 0.222. The second kappa shape index (κ2) is 7.72. The van der Waals surface area contributed by atoms with E-state index in [1.807, 2.05) is 24.3 Å². The second-order valence-electron chi connectivity index (χ2n) is 9.16. The summed E-state index contributed by atoms with van der Waals surface area (Å²) in [5.41, 5.74) is -0.965. The Kier molecular flexibility index (Phi) is 4.80. The first-order chi connectivity index (χ1) is 17.3. The topological polar surface area (TPSA) is 118 Å². The highest BCUT2D eigenvalue weighted by molar-refractivity contribution is 6.30. The van der Waals surface area contributed by atoms with E-state index in [1.165, 1.54) is 10.8 Å². The van der Waals surface area contributed by atoms with Crippen LogP contribution in [0.15, 0.2) is 54.7 Å². The number of ketones is 1. The van der Waals surface area contributed by atoms with Gasteiger partial charge in [-0.2, -0.15) is 5.26 Å². The highest BCUT2D eigenvalue weighted by Gasteiger charge is 2.66. The van der Waals surface area contributed by atoms with E-state index in [9.17, 15) is 20.3 Å². The average molecular weight is 502 g/mol. The van der Waals surface area contributed by atoms with Gasteiger partial charge >= 0.3 is 0 Å². The Balaban J connectivity index is 1.46. The summed E-state index contributed by atoms with van der Waals surface area (Å²) in [5.74, 6) is -0.292. The number of ether oxygens (including phenoxy) is 2. The van der Waals surface area contributed by atoms with Crippen LogP contribution in [0.1, 0.15) is 36.5 Å². The Morgan fingerprint density at radius 3 is 2.61 bits per heavy atom. The van der Waals surface area contributed by atoms with Crippen molar-refractivity contribution in [1.82, 2.24) is 9.55 Å². The molecule has 0 aliphatic carbocycles. The molecule has 0 spiro atoms. The molecular weight excluding hydrogens is 482 g/mol. The summed E-state index contributed by atoms with van der Waals surface area (Å²) >= 11 is 5.88. The third kappa shape index (κ3) is 2.97. The zero-order valence-electron chi connectivity index (χ0n) is 19.2. The molecule has 2 N–H and O–H groups in total. The van der Waals surface area contributed by atoms with Gasteiger partial charge in [-0.3, -0.25) is 9.36 Å². The van der Waals surface area contributed by atoms with E-state index < -0.39 is 11.2 Å². The van der Waals surface area contributed by atoms with Gasteiger partial charge in [-0.05, 0) is 25.1 Å². The SMILES string of the molecule is CC12OC(CCOc3ccc(Cl)cn3)(CC1=O)c1c2c(O)n(-c2ccc(C#N)c3ccccc23)c1O. The molecule has 4 aromatic rings. The van der Waals surface area contributed by atoms with Crippen LogP contribution in [0.3, 0.4) is 0 Å². The summed E-state index contributed by atoms with van der Waals surface area (Å²) in [7, 11) is 0. The van der Waals surface area contributed by atoms with Crippen LogP contribution in [0.5, 0.6) is 17.6 Å². The molecule has 2 aliphatic rings. The number of carbonyl (C=O) groups excluding carboxylic acids is 1. The smallest absolute Gasteiger partial charge is 0.213 e. The van der Waals surface area contributed by atoms with Gasteiger partial charge in [0.25, 0.3) is 0 Å². The van der Waals surface area contributed by atoms with Crippen LogP contribution in [0, 0.1) is 11.3 Å². The molecule has 0 radical (unpaired) electrons. The first-order valence-corrected chi connectivity index (χ1v) is 11.7. The van der Waals surface area contributed by atoms with Crippen molar-refractivity contribution in [3.05, 3.63) is 76.4 Å². The van der Waals surface area contributed by atoms with Gasteiger partial charge in [0.05, 0.1) is 40.1 Å². The fourth-order valence-corrected chi connectivity index (χ4v) is 5.62. The maximum atomic E-state index is 13.1. The third-order valence-electron chi connectivity index (χ3n) is 7.15. The molecule has 180 valence electrons. The monoisotopic (exact) mass is 501 g/mol. The Morgan fingerprint density at radius 2 is 1.89 bits per heavy atom. The van der Waals surface area contributed by atoms with E-state index in [0.29, 0.717) is 38.5 Å². The molecule has 2 unspecified atom stereocenters. The van der Waals surface area contributed by atoms with Gasteiger partial charge in [-0.15, -0.1) is 0 Å². The number of aromatic nitrogens is 2. The molecular formula is C27H20ClN3O5. The molecule has 6 rings (SSSR count). The van der Waals surface area contributed by atoms with Crippen LogP contribution in [0.2, 0.25) is 5.02 Å². The number of nitriles is 1. The molecule has 1 fully saturated rings. The Bertz CT molecular complexity index is 1610. The molecule has 2 aliphatic heterocycles. The maximum absolute atomic E-state index is 13.1. The minimum Gasteiger partial charge on any atom is -0.494 e. The number of carbonyl (C=O) groups is 1. The van der Waals surface area contributed by atoms with Gasteiger partial charge in [-0.25, -0.2) is 4.98 Å². The van der Waals surface area contributed by atoms with Gasteiger partial charge in [0.1, 0.15) is 5.60 Å². The van der Waals surface area contributed by atoms with E-state index >= 15 is 0 Å². The summed E-state index contributed by atoms with van der Waals surface area (Å²) in [6, 6.07) is 16.1. The summed E-state index contributed by atoms with van der Waals surface area (Å²) in [6.07, 6.45) is 1.76. The maximum Gasteiger partial charge on any atom is 0.213 e. The van der Waals surface area contributed by atoms with Crippen LogP contribution in [-0.2, 0) is 20.7 Å². The number of pyridine rings is 1. The zero-order chi connectivity index (χ0) is 25.2. The molecule has 1 saturated heterocycles. The van der Waals surface area contributed by atoms with Gasteiger partial charge in [-0.1, -0.05) is 35.9 Å². The summed E-state index contributed by atoms with van der Waals surface area (Å²) < 4.78 is 13.3. The molecule has 2 aromatic heterocycles. The van der Waals surface area contributed by atoms with Crippen molar-refractivity contribution in [3.8, 4) is 29.4 Å². The molecule has 2 atom stereocenters. The quantitative estimate of drug-likeness (QED) is 0.401. The van der Waals surface area contributed by atoms with E-state index in [4.69, 9.17) is 21.1 Å². The van der Waals surface area contributed by atoms with Crippen molar-refractivity contribution in [3.63, 3.8) is 0 Å². The van der Waals surface area contributed by atoms with Crippen LogP contribution in [-0.4, -0.2) is 32.2 Å². The lowest BCUT2D eigenvalue weighted by molar-refractivity contribution is -0.135. The number of halogens is 1. The summed E-state index contributed by atoms with van der Waals surface area (Å²) in [6.45, 7) is 1.77. The average Bonchev–Trinajstić information content (AvgIpc) is 3.41. The minimum absolute atomic E-state index is 0.0407. The fourth-order valence-electron chi connectivity index (χ4n) is 5.51. The van der Waals surface area contributed by atoms with Crippen molar-refractivity contribution in [2.45, 2.75) is 31.0 Å². The Labute approximate surface area is 210 Å². The van der Waals surface area contributed by atoms with Crippen LogP contribution >= 0.6 is 11.6 Å². The number of fused-ring (bicyclic) bond motifs is 6. The van der Waals surface area contributed by atoms with Crippen LogP contribution in [0.4, 0.5) is 0 Å². The molecule has 36 heavy (non-hydrogen) atoms. The predicted octanol–water partition coefficient (Wildman–Crippen LogP) is 4.84. The Hall–Kier alpha value is -4.06. The first kappa shape index (κ1) is 22.4. The summed E-state index contributed by atoms with van der Waals surface area (Å²) in [5, 5.41) is 34.2. The zero-order valence-corrected chi connectivity index (χ0v) is 19.9. The minimum atomic E-state index is -1.40. The number of Topliss-reactive ketones (excluding diaryl/α,β-unsaturated/α-hetero) is 1. The van der Waals surface area contributed by atoms with Crippen molar-refractivity contribution in [1.29, 1.82) is 5.26 Å². The third-order valence-corrected chi connectivity index (χ3v) is 7.37. The van der Waals surface area contributed by atoms with Crippen LogP contribution in [0.25, 0.3) is 16.5 Å². The van der Waals surface area contributed by atoms with Crippen molar-refractivity contribution in [2.24, 2.45) is 0 Å². The molecule has 9 heteroatoms. The lowest BCUT2D eigenvalue weighted by atomic mass is 9.77. The number of hydrogen-bond donors (Lipinski definition) is 2. The van der Waals surface area contributed by atoms with Gasteiger partial charge in [0.2, 0.25) is 17.6 Å². The highest BCUT2D eigenvalue weighted by atomic mass is 35.5. The summed E-state index contributed by atoms with van der Waals surface area (Å²) in [4.78, 5) is 17.2. The normalized spacial score (nSPS) is 22.1. The van der Waals surface area contributed by atoms with E-state index in [1.54, 1.807) is 31.2 Å². The molecule has 0 saturated carbocycles. The Morgan fingerprint density at radius 1 is 1.14 bits per heavy atom. The predicted molar refractivity (Wildman–Crippen MR) is 130 cm³/mol. The van der Waals surface area contributed by atoms with E-state index in [0.717, 1.165) is 0 Å². The second-order valence-corrected chi connectivity index (χ2v) is 9.60. The highest BCUT2D eigenvalue weighted by Crippen LogP contribution is 2.64. The molecule has 2 bridgehead atoms.